The fourth-order valence-electron chi connectivity index (χ4n) is 3.14. The van der Waals surface area contributed by atoms with Crippen molar-refractivity contribution in [3.63, 3.8) is 0 Å². The molecule has 0 saturated carbocycles. The molecule has 0 aliphatic carbocycles. The first kappa shape index (κ1) is 15.0. The summed E-state index contributed by atoms with van der Waals surface area (Å²) < 4.78 is 0. The molecule has 1 aliphatic heterocycles. The summed E-state index contributed by atoms with van der Waals surface area (Å²) in [5.74, 6) is 2.48. The van der Waals surface area contributed by atoms with Crippen molar-refractivity contribution in [1.29, 1.82) is 0 Å². The van der Waals surface area contributed by atoms with Crippen LogP contribution in [0.5, 0.6) is 0 Å². The van der Waals surface area contributed by atoms with Crippen molar-refractivity contribution in [3.8, 4) is 0 Å². The summed E-state index contributed by atoms with van der Waals surface area (Å²) >= 11 is 0. The molecule has 0 bridgehead atoms. The molecule has 1 heterocycles. The van der Waals surface area contributed by atoms with Gasteiger partial charge < -0.3 is 10.6 Å². The molecule has 1 rings (SSSR count). The lowest BCUT2D eigenvalue weighted by molar-refractivity contribution is 0.150. The maximum atomic E-state index is 5.89. The summed E-state index contributed by atoms with van der Waals surface area (Å²) in [5, 5.41) is 0. The van der Waals surface area contributed by atoms with E-state index < -0.39 is 0 Å². The van der Waals surface area contributed by atoms with E-state index >= 15 is 0 Å². The highest BCUT2D eigenvalue weighted by Crippen LogP contribution is 2.23. The van der Waals surface area contributed by atoms with Crippen LogP contribution in [-0.2, 0) is 0 Å². The van der Waals surface area contributed by atoms with E-state index in [1.807, 2.05) is 0 Å². The highest BCUT2D eigenvalue weighted by atomic mass is 15.1. The van der Waals surface area contributed by atoms with Crippen LogP contribution in [0, 0.1) is 17.8 Å². The van der Waals surface area contributed by atoms with Crippen molar-refractivity contribution in [2.45, 2.75) is 52.9 Å². The molecule has 1 aliphatic rings. The molecule has 1 atom stereocenters. The first-order chi connectivity index (χ1) is 8.15. The molecule has 0 spiro atoms. The van der Waals surface area contributed by atoms with Crippen molar-refractivity contribution in [2.24, 2.45) is 23.5 Å². The second kappa shape index (κ2) is 8.10. The Hall–Kier alpha value is -0.0800. The second-order valence-corrected chi connectivity index (χ2v) is 6.26. The zero-order valence-corrected chi connectivity index (χ0v) is 12.1. The van der Waals surface area contributed by atoms with Crippen molar-refractivity contribution >= 4 is 0 Å². The van der Waals surface area contributed by atoms with Gasteiger partial charge in [-0.25, -0.2) is 0 Å². The summed E-state index contributed by atoms with van der Waals surface area (Å²) in [7, 11) is 0. The summed E-state index contributed by atoms with van der Waals surface area (Å²) in [6.07, 6.45) is 6.88. The van der Waals surface area contributed by atoms with Crippen molar-refractivity contribution in [3.05, 3.63) is 0 Å². The molecular formula is C15H32N2. The molecule has 1 fully saturated rings. The molecule has 0 radical (unpaired) electrons. The Morgan fingerprint density at radius 3 is 2.35 bits per heavy atom. The van der Waals surface area contributed by atoms with Crippen LogP contribution in [-0.4, -0.2) is 31.1 Å². The van der Waals surface area contributed by atoms with Crippen LogP contribution in [0.1, 0.15) is 52.9 Å². The van der Waals surface area contributed by atoms with Crippen LogP contribution in [0.15, 0.2) is 0 Å². The minimum absolute atomic E-state index is 0.706. The Kier molecular flexibility index (Phi) is 7.14. The van der Waals surface area contributed by atoms with Gasteiger partial charge in [0.2, 0.25) is 0 Å². The molecule has 2 nitrogen and oxygen atoms in total. The van der Waals surface area contributed by atoms with E-state index in [1.165, 1.54) is 51.7 Å². The van der Waals surface area contributed by atoms with E-state index in [4.69, 9.17) is 5.73 Å². The summed E-state index contributed by atoms with van der Waals surface area (Å²) in [5.41, 5.74) is 5.89. The fraction of sp³-hybridized carbons (Fsp3) is 1.00. The first-order valence-electron chi connectivity index (χ1n) is 7.58. The lowest BCUT2D eigenvalue weighted by Gasteiger charge is -2.34. The van der Waals surface area contributed by atoms with Gasteiger partial charge >= 0.3 is 0 Å². The number of piperidine rings is 1. The van der Waals surface area contributed by atoms with E-state index in [0.717, 1.165) is 18.4 Å². The first-order valence-corrected chi connectivity index (χ1v) is 7.58. The average molecular weight is 240 g/mol. The molecule has 2 N–H and O–H groups in total. The van der Waals surface area contributed by atoms with E-state index in [9.17, 15) is 0 Å². The largest absolute Gasteiger partial charge is 0.330 e. The quantitative estimate of drug-likeness (QED) is 0.741. The Morgan fingerprint density at radius 1 is 1.24 bits per heavy atom. The molecular weight excluding hydrogens is 208 g/mol. The van der Waals surface area contributed by atoms with Gasteiger partial charge in [-0.2, -0.15) is 0 Å². The van der Waals surface area contributed by atoms with E-state index in [1.54, 1.807) is 0 Å². The Morgan fingerprint density at radius 2 is 1.88 bits per heavy atom. The van der Waals surface area contributed by atoms with E-state index in [2.05, 4.69) is 25.7 Å². The minimum atomic E-state index is 0.706. The summed E-state index contributed by atoms with van der Waals surface area (Å²) in [6, 6.07) is 0. The van der Waals surface area contributed by atoms with Crippen molar-refractivity contribution < 1.29 is 0 Å². The second-order valence-electron chi connectivity index (χ2n) is 6.26. The smallest absolute Gasteiger partial charge is 0.00218 e. The monoisotopic (exact) mass is 240 g/mol. The molecule has 0 aromatic heterocycles. The topological polar surface area (TPSA) is 29.3 Å². The van der Waals surface area contributed by atoms with Crippen LogP contribution < -0.4 is 5.73 Å². The number of nitrogens with zero attached hydrogens (tertiary/aromatic N) is 1. The van der Waals surface area contributed by atoms with Gasteiger partial charge in [0, 0.05) is 6.54 Å². The van der Waals surface area contributed by atoms with Crippen molar-refractivity contribution in [2.75, 3.05) is 26.2 Å². The molecule has 102 valence electrons. The summed E-state index contributed by atoms with van der Waals surface area (Å²) in [6.45, 7) is 11.6. The van der Waals surface area contributed by atoms with Crippen LogP contribution in [0.2, 0.25) is 0 Å². The normalized spacial score (nSPS) is 21.0. The van der Waals surface area contributed by atoms with Crippen LogP contribution >= 0.6 is 0 Å². The van der Waals surface area contributed by atoms with E-state index in [0.29, 0.717) is 5.92 Å². The molecule has 0 aromatic carbocycles. The predicted octanol–water partition coefficient (Wildman–Crippen LogP) is 3.12. The standard InChI is InChI=1S/C15H32N2/c1-4-5-14-6-8-17(9-7-14)12-15(11-16)10-13(2)3/h13-15H,4-12,16H2,1-3H3. The van der Waals surface area contributed by atoms with Gasteiger partial charge in [-0.15, -0.1) is 0 Å². The minimum Gasteiger partial charge on any atom is -0.330 e. The average Bonchev–Trinajstić information content (AvgIpc) is 2.30. The summed E-state index contributed by atoms with van der Waals surface area (Å²) in [4.78, 5) is 2.64. The highest BCUT2D eigenvalue weighted by Gasteiger charge is 2.21. The van der Waals surface area contributed by atoms with Gasteiger partial charge in [-0.05, 0) is 56.7 Å². The third kappa shape index (κ3) is 5.87. The van der Waals surface area contributed by atoms with E-state index in [-0.39, 0.29) is 0 Å². The SMILES string of the molecule is CCCC1CCN(CC(CN)CC(C)C)CC1. The van der Waals surface area contributed by atoms with Crippen molar-refractivity contribution in [1.82, 2.24) is 4.90 Å². The third-order valence-corrected chi connectivity index (χ3v) is 4.06. The Bertz CT molecular complexity index is 183. The number of rotatable bonds is 7. The zero-order valence-electron chi connectivity index (χ0n) is 12.1. The highest BCUT2D eigenvalue weighted by molar-refractivity contribution is 4.75. The van der Waals surface area contributed by atoms with Gasteiger partial charge in [0.25, 0.3) is 0 Å². The maximum absolute atomic E-state index is 5.89. The molecule has 1 saturated heterocycles. The maximum Gasteiger partial charge on any atom is 0.00218 e. The fourth-order valence-corrected chi connectivity index (χ4v) is 3.14. The molecule has 17 heavy (non-hydrogen) atoms. The van der Waals surface area contributed by atoms with Gasteiger partial charge in [0.1, 0.15) is 0 Å². The van der Waals surface area contributed by atoms with Crippen LogP contribution in [0.4, 0.5) is 0 Å². The van der Waals surface area contributed by atoms with Crippen LogP contribution in [0.25, 0.3) is 0 Å². The third-order valence-electron chi connectivity index (χ3n) is 4.06. The molecule has 1 unspecified atom stereocenters. The Balaban J connectivity index is 2.23. The zero-order chi connectivity index (χ0) is 12.7. The van der Waals surface area contributed by atoms with Gasteiger partial charge in [0.05, 0.1) is 0 Å². The van der Waals surface area contributed by atoms with Gasteiger partial charge in [0.15, 0.2) is 0 Å². The number of hydrogen-bond donors (Lipinski definition) is 1. The Labute approximate surface area is 108 Å². The molecule has 0 amide bonds. The van der Waals surface area contributed by atoms with Crippen LogP contribution in [0.3, 0.4) is 0 Å². The molecule has 0 aromatic rings. The number of hydrogen-bond acceptors (Lipinski definition) is 2. The lowest BCUT2D eigenvalue weighted by atomic mass is 9.91. The molecule has 2 heteroatoms. The lowest BCUT2D eigenvalue weighted by Crippen LogP contribution is -2.39. The predicted molar refractivity (Wildman–Crippen MR) is 76.1 cm³/mol. The number of nitrogens with two attached hydrogens (primary N) is 1. The van der Waals surface area contributed by atoms with Gasteiger partial charge in [-0.3, -0.25) is 0 Å². The van der Waals surface area contributed by atoms with Gasteiger partial charge in [-0.1, -0.05) is 33.6 Å². The number of likely N-dealkylation sites (tertiary alicyclic amines) is 1.